The van der Waals surface area contributed by atoms with E-state index in [4.69, 9.17) is 21.3 Å². The Bertz CT molecular complexity index is 1060. The molecule has 0 bridgehead atoms. The number of anilines is 1. The minimum absolute atomic E-state index is 0.0104. The van der Waals surface area contributed by atoms with Crippen LogP contribution >= 0.6 is 11.6 Å². The highest BCUT2D eigenvalue weighted by Gasteiger charge is 2.20. The Morgan fingerprint density at radius 1 is 1.19 bits per heavy atom. The van der Waals surface area contributed by atoms with Crippen molar-refractivity contribution in [2.75, 3.05) is 44.7 Å². The van der Waals surface area contributed by atoms with Gasteiger partial charge in [-0.25, -0.2) is 0 Å². The lowest BCUT2D eigenvalue weighted by Gasteiger charge is -2.34. The van der Waals surface area contributed by atoms with E-state index in [0.717, 1.165) is 60.6 Å². The number of aromatic amines is 1. The van der Waals surface area contributed by atoms with Crippen molar-refractivity contribution in [3.8, 4) is 17.0 Å². The molecule has 0 spiro atoms. The Hall–Kier alpha value is -2.70. The van der Waals surface area contributed by atoms with Gasteiger partial charge in [-0.3, -0.25) is 0 Å². The van der Waals surface area contributed by atoms with Gasteiger partial charge in [0.1, 0.15) is 11.6 Å². The summed E-state index contributed by atoms with van der Waals surface area (Å²) in [5.74, 6) is 1.45. The Balaban J connectivity index is 0.00000132. The number of benzene rings is 1. The van der Waals surface area contributed by atoms with E-state index < -0.39 is 0 Å². The van der Waals surface area contributed by atoms with Crippen molar-refractivity contribution in [3.05, 3.63) is 47.6 Å². The minimum Gasteiger partial charge on any atom is -0.508 e. The minimum atomic E-state index is 0.0104. The lowest BCUT2D eigenvalue weighted by atomic mass is 10.0. The standard InChI is InChI=1S/C22H25ClN4O2.C2H6/c1-4-26-7-9-27(10-8-26)21-6-5-15(22(25-21)29-3)16-11-17-18(14(2)28)13-24-20(17)12-19(16)23;1-2/h5-6,11-13,24,28H,2,4,7-10H2,1,3H3;1-2H3. The Morgan fingerprint density at radius 2 is 1.90 bits per heavy atom. The maximum absolute atomic E-state index is 9.87. The van der Waals surface area contributed by atoms with E-state index in [0.29, 0.717) is 16.5 Å². The number of rotatable bonds is 5. The summed E-state index contributed by atoms with van der Waals surface area (Å²) in [6.07, 6.45) is 1.72. The van der Waals surface area contributed by atoms with Crippen LogP contribution in [0.5, 0.6) is 5.88 Å². The maximum atomic E-state index is 9.87. The molecule has 31 heavy (non-hydrogen) atoms. The molecule has 7 heteroatoms. The fourth-order valence-electron chi connectivity index (χ4n) is 3.85. The van der Waals surface area contributed by atoms with Crippen molar-refractivity contribution in [2.45, 2.75) is 20.8 Å². The third kappa shape index (κ3) is 4.65. The van der Waals surface area contributed by atoms with Gasteiger partial charge in [0.15, 0.2) is 0 Å². The molecule has 1 aromatic carbocycles. The van der Waals surface area contributed by atoms with Crippen LogP contribution in [-0.4, -0.2) is 59.8 Å². The molecule has 4 rings (SSSR count). The van der Waals surface area contributed by atoms with Crippen molar-refractivity contribution in [1.82, 2.24) is 14.9 Å². The molecule has 3 aromatic rings. The number of hydrogen-bond donors (Lipinski definition) is 2. The fraction of sp³-hybridized carbons (Fsp3) is 0.375. The molecule has 0 aliphatic carbocycles. The van der Waals surface area contributed by atoms with Crippen LogP contribution in [0.3, 0.4) is 0 Å². The average Bonchev–Trinajstić information content (AvgIpc) is 3.22. The number of fused-ring (bicyclic) bond motifs is 1. The van der Waals surface area contributed by atoms with E-state index >= 15 is 0 Å². The van der Waals surface area contributed by atoms with Gasteiger partial charge in [-0.15, -0.1) is 0 Å². The summed E-state index contributed by atoms with van der Waals surface area (Å²) in [6, 6.07) is 7.80. The molecule has 0 unspecified atom stereocenters. The molecule has 2 aromatic heterocycles. The molecule has 0 radical (unpaired) electrons. The second kappa shape index (κ2) is 10.1. The van der Waals surface area contributed by atoms with Gasteiger partial charge in [-0.1, -0.05) is 39.0 Å². The van der Waals surface area contributed by atoms with Crippen molar-refractivity contribution < 1.29 is 9.84 Å². The molecule has 1 aliphatic rings. The van der Waals surface area contributed by atoms with Gasteiger partial charge >= 0.3 is 0 Å². The third-order valence-corrected chi connectivity index (χ3v) is 5.87. The van der Waals surface area contributed by atoms with Crippen molar-refractivity contribution >= 4 is 34.1 Å². The Labute approximate surface area is 189 Å². The van der Waals surface area contributed by atoms with E-state index in [1.165, 1.54) is 0 Å². The summed E-state index contributed by atoms with van der Waals surface area (Å²) < 4.78 is 5.62. The number of aliphatic hydroxyl groups is 1. The summed E-state index contributed by atoms with van der Waals surface area (Å²) in [4.78, 5) is 12.6. The molecule has 166 valence electrons. The van der Waals surface area contributed by atoms with Crippen LogP contribution < -0.4 is 9.64 Å². The topological polar surface area (TPSA) is 64.6 Å². The van der Waals surface area contributed by atoms with Crippen LogP contribution in [0.4, 0.5) is 5.82 Å². The smallest absolute Gasteiger partial charge is 0.223 e. The number of likely N-dealkylation sites (N-methyl/N-ethyl adjacent to an activating group) is 1. The first kappa shape index (κ1) is 23.0. The number of hydrogen-bond acceptors (Lipinski definition) is 5. The lowest BCUT2D eigenvalue weighted by Crippen LogP contribution is -2.46. The normalized spacial score (nSPS) is 14.3. The number of aromatic nitrogens is 2. The first-order valence-electron chi connectivity index (χ1n) is 10.7. The Kier molecular flexibility index (Phi) is 7.46. The Morgan fingerprint density at radius 3 is 2.52 bits per heavy atom. The number of nitrogens with zero attached hydrogens (tertiary/aromatic N) is 3. The summed E-state index contributed by atoms with van der Waals surface area (Å²) in [5, 5.41) is 11.3. The van der Waals surface area contributed by atoms with E-state index in [1.807, 2.05) is 38.1 Å². The number of ether oxygens (including phenoxy) is 1. The van der Waals surface area contributed by atoms with Crippen molar-refractivity contribution in [3.63, 3.8) is 0 Å². The van der Waals surface area contributed by atoms with Crippen LogP contribution in [0, 0.1) is 0 Å². The van der Waals surface area contributed by atoms with Crippen molar-refractivity contribution in [1.29, 1.82) is 0 Å². The third-order valence-electron chi connectivity index (χ3n) is 5.55. The molecule has 0 amide bonds. The van der Waals surface area contributed by atoms with Gasteiger partial charge in [0.05, 0.1) is 12.1 Å². The van der Waals surface area contributed by atoms with Crippen LogP contribution in [0.2, 0.25) is 5.02 Å². The van der Waals surface area contributed by atoms with Gasteiger partial charge in [0, 0.05) is 60.0 Å². The van der Waals surface area contributed by atoms with Crippen LogP contribution in [0.1, 0.15) is 26.3 Å². The second-order valence-electron chi connectivity index (χ2n) is 7.17. The molecule has 6 nitrogen and oxygen atoms in total. The quantitative estimate of drug-likeness (QED) is 0.504. The first-order valence-corrected chi connectivity index (χ1v) is 11.1. The lowest BCUT2D eigenvalue weighted by molar-refractivity contribution is 0.270. The highest BCUT2D eigenvalue weighted by Crippen LogP contribution is 2.39. The van der Waals surface area contributed by atoms with Crippen LogP contribution in [-0.2, 0) is 0 Å². The number of methoxy groups -OCH3 is 1. The molecule has 3 heterocycles. The zero-order valence-electron chi connectivity index (χ0n) is 18.7. The van der Waals surface area contributed by atoms with Gasteiger partial charge in [-0.2, -0.15) is 4.98 Å². The largest absolute Gasteiger partial charge is 0.508 e. The number of aliphatic hydroxyl groups excluding tert-OH is 1. The van der Waals surface area contributed by atoms with Gasteiger partial charge in [-0.05, 0) is 30.8 Å². The summed E-state index contributed by atoms with van der Waals surface area (Å²) in [6.45, 7) is 14.9. The predicted molar refractivity (Wildman–Crippen MR) is 130 cm³/mol. The number of halogens is 1. The molecular formula is C24H31ClN4O2. The number of pyridine rings is 1. The van der Waals surface area contributed by atoms with E-state index in [2.05, 4.69) is 28.3 Å². The predicted octanol–water partition coefficient (Wildman–Crippen LogP) is 5.59. The number of piperazine rings is 1. The SMILES string of the molecule is C=C(O)c1c[nH]c2cc(Cl)c(-c3ccc(N4CCN(CC)CC4)nc3OC)cc12.CC. The molecule has 1 fully saturated rings. The summed E-state index contributed by atoms with van der Waals surface area (Å²) >= 11 is 6.57. The van der Waals surface area contributed by atoms with Crippen molar-refractivity contribution in [2.24, 2.45) is 0 Å². The van der Waals surface area contributed by atoms with Gasteiger partial charge in [0.2, 0.25) is 5.88 Å². The highest BCUT2D eigenvalue weighted by atomic mass is 35.5. The molecule has 0 saturated carbocycles. The van der Waals surface area contributed by atoms with Gasteiger partial charge < -0.3 is 24.6 Å². The van der Waals surface area contributed by atoms with E-state index in [9.17, 15) is 5.11 Å². The highest BCUT2D eigenvalue weighted by molar-refractivity contribution is 6.34. The van der Waals surface area contributed by atoms with E-state index in [-0.39, 0.29) is 5.76 Å². The summed E-state index contributed by atoms with van der Waals surface area (Å²) in [5.41, 5.74) is 3.09. The second-order valence-corrected chi connectivity index (χ2v) is 7.58. The zero-order chi connectivity index (χ0) is 22.5. The molecular weight excluding hydrogens is 412 g/mol. The number of nitrogens with one attached hydrogen (secondary N) is 1. The van der Waals surface area contributed by atoms with Crippen LogP contribution in [0.15, 0.2) is 37.0 Å². The van der Waals surface area contributed by atoms with E-state index in [1.54, 1.807) is 13.3 Å². The maximum Gasteiger partial charge on any atom is 0.223 e. The fourth-order valence-corrected chi connectivity index (χ4v) is 4.11. The first-order chi connectivity index (χ1) is 15.0. The monoisotopic (exact) mass is 442 g/mol. The molecule has 0 atom stereocenters. The molecule has 1 aliphatic heterocycles. The summed E-state index contributed by atoms with van der Waals surface area (Å²) in [7, 11) is 1.62. The number of H-pyrrole nitrogens is 1. The van der Waals surface area contributed by atoms with Gasteiger partial charge in [0.25, 0.3) is 0 Å². The zero-order valence-corrected chi connectivity index (χ0v) is 19.5. The molecule has 2 N–H and O–H groups in total. The van der Waals surface area contributed by atoms with Crippen LogP contribution in [0.25, 0.3) is 27.8 Å². The average molecular weight is 443 g/mol. The molecule has 1 saturated heterocycles.